The van der Waals surface area contributed by atoms with Gasteiger partial charge in [0, 0.05) is 26.7 Å². The van der Waals surface area contributed by atoms with E-state index in [1.807, 2.05) is 12.1 Å². The molecule has 0 aromatic heterocycles. The first kappa shape index (κ1) is 20.6. The highest BCUT2D eigenvalue weighted by atomic mass is 32.2. The lowest BCUT2D eigenvalue weighted by atomic mass is 10.1. The van der Waals surface area contributed by atoms with E-state index < -0.39 is 10.0 Å². The zero-order valence-corrected chi connectivity index (χ0v) is 17.4. The number of benzene rings is 2. The molecule has 28 heavy (non-hydrogen) atoms. The maximum atomic E-state index is 13.1. The molecule has 6 heteroatoms. The van der Waals surface area contributed by atoms with Crippen LogP contribution in [0, 0.1) is 0 Å². The molecule has 0 N–H and O–H groups in total. The third-order valence-electron chi connectivity index (χ3n) is 5.25. The molecule has 1 aliphatic rings. The van der Waals surface area contributed by atoms with Crippen LogP contribution in [0.1, 0.15) is 47.7 Å². The van der Waals surface area contributed by atoms with E-state index in [-0.39, 0.29) is 16.4 Å². The van der Waals surface area contributed by atoms with E-state index in [0.717, 1.165) is 31.2 Å². The number of aryl methyl sites for hydroxylation is 1. The largest absolute Gasteiger partial charge is 0.337 e. The summed E-state index contributed by atoms with van der Waals surface area (Å²) in [6, 6.07) is 14.7. The Balaban J connectivity index is 1.83. The Bertz CT molecular complexity index is 917. The maximum absolute atomic E-state index is 13.1. The molecule has 0 atom stereocenters. The number of nitrogens with zero attached hydrogens (tertiary/aromatic N) is 2. The van der Waals surface area contributed by atoms with Gasteiger partial charge in [-0.05, 0) is 42.5 Å². The zero-order valence-electron chi connectivity index (χ0n) is 16.6. The van der Waals surface area contributed by atoms with Crippen LogP contribution in [-0.2, 0) is 23.0 Å². The SMILES string of the molecule is CCc1ccc(CN(C)C(=O)c2ccccc2S(=O)(=O)N2CCCCC2)cc1. The normalized spacial score (nSPS) is 15.4. The summed E-state index contributed by atoms with van der Waals surface area (Å²) in [5.41, 5.74) is 2.50. The highest BCUT2D eigenvalue weighted by Crippen LogP contribution is 2.24. The molecule has 2 aromatic carbocycles. The average Bonchev–Trinajstić information content (AvgIpc) is 2.74. The predicted molar refractivity (Wildman–Crippen MR) is 111 cm³/mol. The molecule has 0 radical (unpaired) electrons. The number of rotatable bonds is 6. The third-order valence-corrected chi connectivity index (χ3v) is 7.20. The number of hydrogen-bond donors (Lipinski definition) is 0. The lowest BCUT2D eigenvalue weighted by Gasteiger charge is -2.27. The quantitative estimate of drug-likeness (QED) is 0.743. The van der Waals surface area contributed by atoms with Crippen LogP contribution in [-0.4, -0.2) is 43.7 Å². The van der Waals surface area contributed by atoms with E-state index in [1.54, 1.807) is 36.2 Å². The molecule has 0 bridgehead atoms. The van der Waals surface area contributed by atoms with Gasteiger partial charge in [0.1, 0.15) is 0 Å². The Kier molecular flexibility index (Phi) is 6.52. The molecule has 1 fully saturated rings. The van der Waals surface area contributed by atoms with E-state index in [9.17, 15) is 13.2 Å². The van der Waals surface area contributed by atoms with Gasteiger partial charge in [-0.2, -0.15) is 4.31 Å². The minimum Gasteiger partial charge on any atom is -0.337 e. The Morgan fingerprint density at radius 1 is 0.964 bits per heavy atom. The van der Waals surface area contributed by atoms with Crippen LogP contribution in [0.5, 0.6) is 0 Å². The second kappa shape index (κ2) is 8.88. The van der Waals surface area contributed by atoms with Crippen molar-refractivity contribution < 1.29 is 13.2 Å². The van der Waals surface area contributed by atoms with Crippen molar-refractivity contribution in [1.29, 1.82) is 0 Å². The highest BCUT2D eigenvalue weighted by Gasteiger charge is 2.30. The number of carbonyl (C=O) groups is 1. The van der Waals surface area contributed by atoms with Crippen LogP contribution >= 0.6 is 0 Å². The number of amides is 1. The van der Waals surface area contributed by atoms with Gasteiger partial charge in [0.15, 0.2) is 0 Å². The Hall–Kier alpha value is -2.18. The van der Waals surface area contributed by atoms with Gasteiger partial charge >= 0.3 is 0 Å². The summed E-state index contributed by atoms with van der Waals surface area (Å²) in [7, 11) is -1.96. The third kappa shape index (κ3) is 4.45. The summed E-state index contributed by atoms with van der Waals surface area (Å²) < 4.78 is 27.7. The van der Waals surface area contributed by atoms with Gasteiger partial charge in [-0.1, -0.05) is 49.7 Å². The molecule has 1 saturated heterocycles. The molecule has 3 rings (SSSR count). The van der Waals surface area contributed by atoms with Gasteiger partial charge in [-0.15, -0.1) is 0 Å². The van der Waals surface area contributed by atoms with Crippen molar-refractivity contribution in [3.8, 4) is 0 Å². The Morgan fingerprint density at radius 3 is 2.21 bits per heavy atom. The van der Waals surface area contributed by atoms with E-state index in [4.69, 9.17) is 0 Å². The van der Waals surface area contributed by atoms with Crippen molar-refractivity contribution >= 4 is 15.9 Å². The van der Waals surface area contributed by atoms with Crippen molar-refractivity contribution in [3.63, 3.8) is 0 Å². The van der Waals surface area contributed by atoms with E-state index in [0.29, 0.717) is 19.6 Å². The number of hydrogen-bond acceptors (Lipinski definition) is 3. The van der Waals surface area contributed by atoms with Crippen molar-refractivity contribution in [1.82, 2.24) is 9.21 Å². The fourth-order valence-corrected chi connectivity index (χ4v) is 5.25. The topological polar surface area (TPSA) is 57.7 Å². The second-order valence-corrected chi connectivity index (χ2v) is 9.20. The molecule has 1 aliphatic heterocycles. The van der Waals surface area contributed by atoms with Crippen LogP contribution in [0.2, 0.25) is 0 Å². The predicted octanol–water partition coefficient (Wildman–Crippen LogP) is 3.70. The van der Waals surface area contributed by atoms with Gasteiger partial charge in [-0.3, -0.25) is 4.79 Å². The second-order valence-electron chi connectivity index (χ2n) is 7.29. The van der Waals surface area contributed by atoms with E-state index >= 15 is 0 Å². The molecule has 0 unspecified atom stereocenters. The van der Waals surface area contributed by atoms with Crippen LogP contribution < -0.4 is 0 Å². The van der Waals surface area contributed by atoms with Gasteiger partial charge in [0.05, 0.1) is 10.5 Å². The first-order valence-electron chi connectivity index (χ1n) is 9.86. The lowest BCUT2D eigenvalue weighted by molar-refractivity contribution is 0.0781. The molecular formula is C22H28N2O3S. The minimum absolute atomic E-state index is 0.107. The molecule has 0 saturated carbocycles. The molecule has 1 amide bonds. The minimum atomic E-state index is -3.67. The van der Waals surface area contributed by atoms with Gasteiger partial charge < -0.3 is 4.90 Å². The van der Waals surface area contributed by atoms with Crippen molar-refractivity contribution in [3.05, 3.63) is 65.2 Å². The first-order valence-corrected chi connectivity index (χ1v) is 11.3. The van der Waals surface area contributed by atoms with Crippen LogP contribution in [0.3, 0.4) is 0 Å². The molecule has 150 valence electrons. The summed E-state index contributed by atoms with van der Waals surface area (Å²) in [6.45, 7) is 3.57. The van der Waals surface area contributed by atoms with Crippen molar-refractivity contribution in [2.24, 2.45) is 0 Å². The molecule has 1 heterocycles. The monoisotopic (exact) mass is 400 g/mol. The van der Waals surface area contributed by atoms with Crippen molar-refractivity contribution in [2.75, 3.05) is 20.1 Å². The first-order chi connectivity index (χ1) is 13.4. The Morgan fingerprint density at radius 2 is 1.57 bits per heavy atom. The molecule has 0 aliphatic carbocycles. The molecule has 5 nitrogen and oxygen atoms in total. The summed E-state index contributed by atoms with van der Waals surface area (Å²) >= 11 is 0. The summed E-state index contributed by atoms with van der Waals surface area (Å²) in [5, 5.41) is 0. The van der Waals surface area contributed by atoms with Crippen molar-refractivity contribution in [2.45, 2.75) is 44.0 Å². The number of piperidine rings is 1. The van der Waals surface area contributed by atoms with Crippen LogP contribution in [0.4, 0.5) is 0 Å². The van der Waals surface area contributed by atoms with Gasteiger partial charge in [-0.25, -0.2) is 8.42 Å². The summed E-state index contributed by atoms with van der Waals surface area (Å²) in [5.74, 6) is -0.282. The molecule has 2 aromatic rings. The smallest absolute Gasteiger partial charge is 0.255 e. The number of sulfonamides is 1. The average molecular weight is 401 g/mol. The summed E-state index contributed by atoms with van der Waals surface area (Å²) in [6.07, 6.45) is 3.74. The van der Waals surface area contributed by atoms with Gasteiger partial charge in [0.25, 0.3) is 5.91 Å². The maximum Gasteiger partial charge on any atom is 0.255 e. The molecular weight excluding hydrogens is 372 g/mol. The molecule has 0 spiro atoms. The van der Waals surface area contributed by atoms with Crippen LogP contribution in [0.25, 0.3) is 0 Å². The van der Waals surface area contributed by atoms with Crippen LogP contribution in [0.15, 0.2) is 53.4 Å². The van der Waals surface area contributed by atoms with Gasteiger partial charge in [0.2, 0.25) is 10.0 Å². The van der Waals surface area contributed by atoms with E-state index in [2.05, 4.69) is 19.1 Å². The number of carbonyl (C=O) groups excluding carboxylic acids is 1. The highest BCUT2D eigenvalue weighted by molar-refractivity contribution is 7.89. The van der Waals surface area contributed by atoms with E-state index in [1.165, 1.54) is 9.87 Å². The fraction of sp³-hybridized carbons (Fsp3) is 0.409. The fourth-order valence-electron chi connectivity index (χ4n) is 3.54. The Labute approximate surface area is 168 Å². The summed E-state index contributed by atoms with van der Waals surface area (Å²) in [4.78, 5) is 14.7. The zero-order chi connectivity index (χ0) is 20.1. The standard InChI is InChI=1S/C22H28N2O3S/c1-3-18-11-13-19(14-12-18)17-23(2)22(25)20-9-5-6-10-21(20)28(26,27)24-15-7-4-8-16-24/h5-6,9-14H,3-4,7-8,15-17H2,1-2H3. The lowest BCUT2D eigenvalue weighted by Crippen LogP contribution is -2.37.